The quantitative estimate of drug-likeness (QED) is 0.268. The predicted molar refractivity (Wildman–Crippen MR) is 196 cm³/mol. The Morgan fingerprint density at radius 1 is 0.959 bits per heavy atom. The average Bonchev–Trinajstić information content (AvgIpc) is 3.31. The van der Waals surface area contributed by atoms with Crippen molar-refractivity contribution in [3.63, 3.8) is 0 Å². The third-order valence-corrected chi connectivity index (χ3v) is 12.4. The molecule has 2 atom stereocenters. The molecule has 2 amide bonds. The van der Waals surface area contributed by atoms with Crippen molar-refractivity contribution in [3.8, 4) is 17.0 Å². The first-order chi connectivity index (χ1) is 23.0. The number of amides is 2. The van der Waals surface area contributed by atoms with E-state index in [-0.39, 0.29) is 29.3 Å². The van der Waals surface area contributed by atoms with Crippen LogP contribution in [0.2, 0.25) is 0 Å². The van der Waals surface area contributed by atoms with Crippen LogP contribution in [0.15, 0.2) is 36.4 Å². The van der Waals surface area contributed by atoms with Gasteiger partial charge in [0.25, 0.3) is 5.91 Å². The van der Waals surface area contributed by atoms with Gasteiger partial charge in [0.15, 0.2) is 0 Å². The number of carbonyl (C=O) groups excluding carboxylic acids is 2. The number of sulfonamides is 1. The second-order valence-electron chi connectivity index (χ2n) is 16.7. The molecule has 3 aromatic rings. The van der Waals surface area contributed by atoms with E-state index in [9.17, 15) is 18.0 Å². The van der Waals surface area contributed by atoms with Crippen LogP contribution < -0.4 is 9.46 Å². The SMILES string of the molecule is COc1ccc(-c2c(C3CCCCC3)c3ccc(C(=O)NS(=O)(=O)CC(C)(C)C)cc3n2CC(C)(C)C(=O)N2C3CC2CN(C)C3)c(C)c1. The summed E-state index contributed by atoms with van der Waals surface area (Å²) in [5, 5.41) is 1.05. The first kappa shape index (κ1) is 35.5. The maximum absolute atomic E-state index is 14.4. The normalized spacial score (nSPS) is 20.7. The van der Waals surface area contributed by atoms with Crippen molar-refractivity contribution < 1.29 is 22.7 Å². The highest BCUT2D eigenvalue weighted by Crippen LogP contribution is 2.47. The minimum atomic E-state index is -3.85. The number of fused-ring (bicyclic) bond motifs is 3. The van der Waals surface area contributed by atoms with E-state index in [1.807, 2.05) is 52.8 Å². The number of benzene rings is 2. The number of rotatable bonds is 9. The van der Waals surface area contributed by atoms with E-state index in [4.69, 9.17) is 4.74 Å². The van der Waals surface area contributed by atoms with Crippen molar-refractivity contribution in [2.45, 2.75) is 105 Å². The van der Waals surface area contributed by atoms with Gasteiger partial charge in [0.05, 0.1) is 24.0 Å². The molecule has 1 aliphatic carbocycles. The van der Waals surface area contributed by atoms with Gasteiger partial charge in [-0.1, -0.05) is 46.1 Å². The predicted octanol–water partition coefficient (Wildman–Crippen LogP) is 6.72. The third kappa shape index (κ3) is 7.13. The number of ether oxygens (including phenoxy) is 1. The van der Waals surface area contributed by atoms with Crippen LogP contribution in [0.25, 0.3) is 22.2 Å². The van der Waals surface area contributed by atoms with E-state index in [1.54, 1.807) is 13.2 Å². The van der Waals surface area contributed by atoms with Crippen molar-refractivity contribution in [2.24, 2.45) is 10.8 Å². The number of nitrogens with zero attached hydrogens (tertiary/aromatic N) is 3. The molecule has 266 valence electrons. The molecule has 6 rings (SSSR count). The Morgan fingerprint density at radius 2 is 1.63 bits per heavy atom. The van der Waals surface area contributed by atoms with Crippen molar-refractivity contribution in [1.82, 2.24) is 19.1 Å². The Balaban J connectivity index is 1.51. The van der Waals surface area contributed by atoms with E-state index < -0.39 is 26.8 Å². The summed E-state index contributed by atoms with van der Waals surface area (Å²) in [4.78, 5) is 32.4. The molecule has 2 saturated heterocycles. The largest absolute Gasteiger partial charge is 0.497 e. The average molecular weight is 691 g/mol. The fourth-order valence-corrected chi connectivity index (χ4v) is 10.2. The lowest BCUT2D eigenvalue weighted by molar-refractivity contribution is -0.163. The van der Waals surface area contributed by atoms with Crippen molar-refractivity contribution in [3.05, 3.63) is 53.1 Å². The van der Waals surface area contributed by atoms with Gasteiger partial charge in [-0.2, -0.15) is 0 Å². The maximum Gasteiger partial charge on any atom is 0.264 e. The van der Waals surface area contributed by atoms with E-state index in [2.05, 4.69) is 45.2 Å². The summed E-state index contributed by atoms with van der Waals surface area (Å²) < 4.78 is 36.1. The second-order valence-corrected chi connectivity index (χ2v) is 18.4. The number of nitrogens with one attached hydrogen (secondary N) is 1. The topological polar surface area (TPSA) is 101 Å². The number of hydrogen-bond donors (Lipinski definition) is 1. The Bertz CT molecular complexity index is 1850. The van der Waals surface area contributed by atoms with Crippen LogP contribution in [-0.2, 0) is 21.4 Å². The van der Waals surface area contributed by atoms with Crippen LogP contribution in [0.3, 0.4) is 0 Å². The molecule has 10 heteroatoms. The lowest BCUT2D eigenvalue weighted by atomic mass is 9.81. The molecule has 2 aromatic carbocycles. The summed E-state index contributed by atoms with van der Waals surface area (Å²) in [7, 11) is -0.0625. The van der Waals surface area contributed by atoms with Gasteiger partial charge in [-0.15, -0.1) is 0 Å². The zero-order valence-electron chi connectivity index (χ0n) is 30.6. The molecular weight excluding hydrogens is 637 g/mol. The monoisotopic (exact) mass is 690 g/mol. The third-order valence-electron chi connectivity index (χ3n) is 10.7. The van der Waals surface area contributed by atoms with Gasteiger partial charge in [-0.3, -0.25) is 9.59 Å². The molecule has 1 saturated carbocycles. The van der Waals surface area contributed by atoms with Crippen LogP contribution in [0.1, 0.15) is 101 Å². The summed E-state index contributed by atoms with van der Waals surface area (Å²) in [6.07, 6.45) is 6.72. The Morgan fingerprint density at radius 3 is 2.24 bits per heavy atom. The van der Waals surface area contributed by atoms with Gasteiger partial charge < -0.3 is 19.1 Å². The molecule has 0 radical (unpaired) electrons. The summed E-state index contributed by atoms with van der Waals surface area (Å²) in [5.74, 6) is 0.450. The van der Waals surface area contributed by atoms with Gasteiger partial charge in [-0.05, 0) is 99.9 Å². The Kier molecular flexibility index (Phi) is 9.46. The fraction of sp³-hybridized carbons (Fsp3) is 0.590. The van der Waals surface area contributed by atoms with Crippen molar-refractivity contribution in [2.75, 3.05) is 33.0 Å². The van der Waals surface area contributed by atoms with Gasteiger partial charge in [0.1, 0.15) is 5.75 Å². The number of methoxy groups -OCH3 is 1. The standard InChI is InChI=1S/C39H54N4O5S/c1-25-18-30(48-8)15-17-31(25)35-34(26-12-10-9-11-13-26)32-16-14-27(36(44)40-49(46,47)24-38(2,3)4)19-33(32)42(35)23-39(5,6)37(45)43-28-20-29(43)22-41(7)21-28/h14-19,26,28-29H,9-13,20-24H2,1-8H3,(H,40,44). The number of aryl methyl sites for hydroxylation is 1. The second kappa shape index (κ2) is 13.1. The van der Waals surface area contributed by atoms with Crippen LogP contribution in [0.4, 0.5) is 0 Å². The highest BCUT2D eigenvalue weighted by molar-refractivity contribution is 7.90. The number of carbonyl (C=O) groups is 2. The zero-order valence-corrected chi connectivity index (χ0v) is 31.4. The zero-order chi connectivity index (χ0) is 35.5. The summed E-state index contributed by atoms with van der Waals surface area (Å²) in [6.45, 7) is 13.9. The molecule has 0 spiro atoms. The minimum Gasteiger partial charge on any atom is -0.497 e. The molecule has 1 N–H and O–H groups in total. The van der Waals surface area contributed by atoms with Gasteiger partial charge >= 0.3 is 0 Å². The van der Waals surface area contributed by atoms with E-state index in [1.165, 1.54) is 12.0 Å². The van der Waals surface area contributed by atoms with Gasteiger partial charge in [0.2, 0.25) is 15.9 Å². The van der Waals surface area contributed by atoms with Crippen LogP contribution >= 0.6 is 0 Å². The molecule has 3 heterocycles. The molecule has 1 aromatic heterocycles. The molecule has 2 unspecified atom stereocenters. The number of likely N-dealkylation sites (tertiary alicyclic amines) is 2. The first-order valence-electron chi connectivity index (χ1n) is 17.9. The van der Waals surface area contributed by atoms with E-state index in [0.29, 0.717) is 12.5 Å². The maximum atomic E-state index is 14.4. The lowest BCUT2D eigenvalue weighted by Gasteiger charge is -2.57. The fourth-order valence-electron chi connectivity index (χ4n) is 8.58. The summed E-state index contributed by atoms with van der Waals surface area (Å²) in [6, 6.07) is 12.2. The minimum absolute atomic E-state index is 0.155. The van der Waals surface area contributed by atoms with Gasteiger partial charge in [0, 0.05) is 53.7 Å². The van der Waals surface area contributed by atoms with Crippen LogP contribution in [-0.4, -0.2) is 79.7 Å². The highest BCUT2D eigenvalue weighted by Gasteiger charge is 2.50. The molecular formula is C39H54N4O5S. The van der Waals surface area contributed by atoms with Crippen LogP contribution in [0.5, 0.6) is 5.75 Å². The highest BCUT2D eigenvalue weighted by atomic mass is 32.2. The number of likely N-dealkylation sites (N-methyl/N-ethyl adjacent to an activating group) is 1. The summed E-state index contributed by atoms with van der Waals surface area (Å²) >= 11 is 0. The molecule has 9 nitrogen and oxygen atoms in total. The molecule has 2 bridgehead atoms. The Hall–Kier alpha value is -3.37. The molecule has 2 aliphatic heterocycles. The first-order valence-corrected chi connectivity index (χ1v) is 19.5. The van der Waals surface area contributed by atoms with Gasteiger partial charge in [-0.25, -0.2) is 13.1 Å². The lowest BCUT2D eigenvalue weighted by Crippen LogP contribution is -2.71. The summed E-state index contributed by atoms with van der Waals surface area (Å²) in [5.41, 5.74) is 4.33. The molecule has 3 fully saturated rings. The number of piperazine rings is 1. The molecule has 49 heavy (non-hydrogen) atoms. The van der Waals surface area contributed by atoms with E-state index >= 15 is 0 Å². The molecule has 3 aliphatic rings. The number of piperidine rings is 1. The smallest absolute Gasteiger partial charge is 0.264 e. The van der Waals surface area contributed by atoms with Crippen molar-refractivity contribution >= 4 is 32.7 Å². The van der Waals surface area contributed by atoms with Crippen LogP contribution in [0, 0.1) is 17.8 Å². The van der Waals surface area contributed by atoms with E-state index in [0.717, 1.165) is 78.7 Å². The number of hydrogen-bond acceptors (Lipinski definition) is 6. The van der Waals surface area contributed by atoms with Crippen molar-refractivity contribution in [1.29, 1.82) is 0 Å². The number of aromatic nitrogens is 1. The Labute approximate surface area is 292 Å².